The topological polar surface area (TPSA) is 51.2 Å². The minimum Gasteiger partial charge on any atom is -0.445 e. The van der Waals surface area contributed by atoms with E-state index < -0.39 is 11.6 Å². The van der Waals surface area contributed by atoms with Crippen LogP contribution in [0.2, 0.25) is 0 Å². The lowest BCUT2D eigenvalue weighted by molar-refractivity contribution is -0.115. The summed E-state index contributed by atoms with van der Waals surface area (Å²) in [6.45, 7) is 1.68. The SMILES string of the molecule is CC(Br)C(=O)Nc1ncc(Oc2cc(F)cc(F)c2)s1. The van der Waals surface area contributed by atoms with Gasteiger partial charge in [0.25, 0.3) is 0 Å². The zero-order chi connectivity index (χ0) is 14.7. The van der Waals surface area contributed by atoms with Crippen molar-refractivity contribution in [1.82, 2.24) is 4.98 Å². The number of hydrogen-bond acceptors (Lipinski definition) is 4. The van der Waals surface area contributed by atoms with Gasteiger partial charge in [-0.3, -0.25) is 4.79 Å². The lowest BCUT2D eigenvalue weighted by Gasteiger charge is -2.03. The van der Waals surface area contributed by atoms with Crippen LogP contribution in [0.5, 0.6) is 10.8 Å². The van der Waals surface area contributed by atoms with Gasteiger partial charge >= 0.3 is 0 Å². The van der Waals surface area contributed by atoms with Gasteiger partial charge in [0.1, 0.15) is 17.4 Å². The molecule has 1 heterocycles. The van der Waals surface area contributed by atoms with Crippen molar-refractivity contribution in [3.05, 3.63) is 36.0 Å². The first kappa shape index (κ1) is 14.9. The highest BCUT2D eigenvalue weighted by Gasteiger charge is 2.12. The van der Waals surface area contributed by atoms with Crippen LogP contribution in [0, 0.1) is 11.6 Å². The molecule has 2 rings (SSSR count). The average Bonchev–Trinajstić information content (AvgIpc) is 2.74. The van der Waals surface area contributed by atoms with Crippen molar-refractivity contribution in [1.29, 1.82) is 0 Å². The van der Waals surface area contributed by atoms with Crippen LogP contribution in [-0.2, 0) is 4.79 Å². The molecule has 0 radical (unpaired) electrons. The number of amides is 1. The molecule has 0 fully saturated rings. The summed E-state index contributed by atoms with van der Waals surface area (Å²) < 4.78 is 31.3. The van der Waals surface area contributed by atoms with Gasteiger partial charge in [-0.1, -0.05) is 27.3 Å². The number of halogens is 3. The number of benzene rings is 1. The van der Waals surface area contributed by atoms with Gasteiger partial charge in [-0.2, -0.15) is 0 Å². The van der Waals surface area contributed by atoms with Crippen molar-refractivity contribution >= 4 is 38.3 Å². The van der Waals surface area contributed by atoms with E-state index >= 15 is 0 Å². The second kappa shape index (κ2) is 6.27. The van der Waals surface area contributed by atoms with E-state index in [0.717, 1.165) is 29.5 Å². The summed E-state index contributed by atoms with van der Waals surface area (Å²) in [7, 11) is 0. The maximum Gasteiger partial charge on any atom is 0.239 e. The van der Waals surface area contributed by atoms with Gasteiger partial charge in [-0.05, 0) is 6.92 Å². The Morgan fingerprint density at radius 3 is 2.65 bits per heavy atom. The molecule has 0 bridgehead atoms. The summed E-state index contributed by atoms with van der Waals surface area (Å²) >= 11 is 4.18. The molecule has 0 aliphatic carbocycles. The molecule has 0 spiro atoms. The molecule has 1 amide bonds. The van der Waals surface area contributed by atoms with E-state index in [1.54, 1.807) is 6.92 Å². The Labute approximate surface area is 125 Å². The molecule has 0 saturated heterocycles. The van der Waals surface area contributed by atoms with Gasteiger partial charge in [0.2, 0.25) is 11.0 Å². The van der Waals surface area contributed by atoms with Crippen LogP contribution < -0.4 is 10.1 Å². The third-order valence-corrected chi connectivity index (χ3v) is 3.34. The number of ether oxygens (including phenoxy) is 1. The second-order valence-corrected chi connectivity index (χ2v) is 6.16. The number of thiazole rings is 1. The highest BCUT2D eigenvalue weighted by atomic mass is 79.9. The van der Waals surface area contributed by atoms with E-state index in [1.807, 2.05) is 0 Å². The Balaban J connectivity index is 2.07. The molecule has 0 aliphatic rings. The molecule has 0 aliphatic heterocycles. The molecule has 1 unspecified atom stereocenters. The summed E-state index contributed by atoms with van der Waals surface area (Å²) in [5.41, 5.74) is 0. The fraction of sp³-hybridized carbons (Fsp3) is 0.167. The van der Waals surface area contributed by atoms with E-state index in [4.69, 9.17) is 4.74 Å². The first-order chi connectivity index (χ1) is 9.44. The summed E-state index contributed by atoms with van der Waals surface area (Å²) in [6.07, 6.45) is 1.36. The van der Waals surface area contributed by atoms with Crippen LogP contribution in [0.3, 0.4) is 0 Å². The largest absolute Gasteiger partial charge is 0.445 e. The Hall–Kier alpha value is -1.54. The maximum atomic E-state index is 13.0. The monoisotopic (exact) mass is 362 g/mol. The molecule has 20 heavy (non-hydrogen) atoms. The van der Waals surface area contributed by atoms with E-state index in [2.05, 4.69) is 26.2 Å². The zero-order valence-corrected chi connectivity index (χ0v) is 12.6. The van der Waals surface area contributed by atoms with Crippen LogP contribution in [0.1, 0.15) is 6.92 Å². The van der Waals surface area contributed by atoms with Crippen LogP contribution >= 0.6 is 27.3 Å². The van der Waals surface area contributed by atoms with Crippen LogP contribution in [-0.4, -0.2) is 15.7 Å². The number of hydrogen-bond donors (Lipinski definition) is 1. The van der Waals surface area contributed by atoms with E-state index in [-0.39, 0.29) is 16.5 Å². The van der Waals surface area contributed by atoms with Crippen LogP contribution in [0.4, 0.5) is 13.9 Å². The average molecular weight is 363 g/mol. The number of carbonyl (C=O) groups is 1. The van der Waals surface area contributed by atoms with Crippen molar-refractivity contribution in [2.45, 2.75) is 11.8 Å². The third kappa shape index (κ3) is 3.97. The lowest BCUT2D eigenvalue weighted by atomic mass is 10.3. The molecule has 1 aromatic carbocycles. The van der Waals surface area contributed by atoms with Crippen molar-refractivity contribution < 1.29 is 18.3 Å². The smallest absolute Gasteiger partial charge is 0.239 e. The van der Waals surface area contributed by atoms with Crippen LogP contribution in [0.15, 0.2) is 24.4 Å². The minimum atomic E-state index is -0.730. The number of nitrogens with zero attached hydrogens (tertiary/aromatic N) is 1. The number of carbonyl (C=O) groups excluding carboxylic acids is 1. The lowest BCUT2D eigenvalue weighted by Crippen LogP contribution is -2.19. The first-order valence-corrected chi connectivity index (χ1v) is 7.22. The fourth-order valence-corrected chi connectivity index (χ4v) is 2.08. The Kier molecular flexibility index (Phi) is 4.66. The predicted molar refractivity (Wildman–Crippen MR) is 75.6 cm³/mol. The molecule has 8 heteroatoms. The van der Waals surface area contributed by atoms with Crippen molar-refractivity contribution in [3.63, 3.8) is 0 Å². The van der Waals surface area contributed by atoms with Gasteiger partial charge in [-0.25, -0.2) is 13.8 Å². The van der Waals surface area contributed by atoms with Crippen molar-refractivity contribution in [2.75, 3.05) is 5.32 Å². The summed E-state index contributed by atoms with van der Waals surface area (Å²) in [6, 6.07) is 2.87. The number of alkyl halides is 1. The highest BCUT2D eigenvalue weighted by molar-refractivity contribution is 9.10. The molecule has 0 saturated carbocycles. The predicted octanol–water partition coefficient (Wildman–Crippen LogP) is 3.94. The van der Waals surface area contributed by atoms with E-state index in [0.29, 0.717) is 10.2 Å². The van der Waals surface area contributed by atoms with E-state index in [9.17, 15) is 13.6 Å². The maximum absolute atomic E-state index is 13.0. The van der Waals surface area contributed by atoms with Gasteiger partial charge in [0.05, 0.1) is 11.0 Å². The molecule has 1 aromatic heterocycles. The number of rotatable bonds is 4. The molecule has 2 aromatic rings. The summed E-state index contributed by atoms with van der Waals surface area (Å²) in [4.78, 5) is 15.0. The summed E-state index contributed by atoms with van der Waals surface area (Å²) in [5, 5.41) is 3.22. The first-order valence-electron chi connectivity index (χ1n) is 5.49. The molecule has 4 nitrogen and oxygen atoms in total. The number of aromatic nitrogens is 1. The molecule has 1 atom stereocenters. The Bertz CT molecular complexity index is 613. The third-order valence-electron chi connectivity index (χ3n) is 2.13. The second-order valence-electron chi connectivity index (χ2n) is 3.80. The minimum absolute atomic E-state index is 0.0258. The number of anilines is 1. The quantitative estimate of drug-likeness (QED) is 0.838. The summed E-state index contributed by atoms with van der Waals surface area (Å²) in [5.74, 6) is -1.68. The molecular weight excluding hydrogens is 354 g/mol. The molecule has 1 N–H and O–H groups in total. The number of nitrogens with one attached hydrogen (secondary N) is 1. The van der Waals surface area contributed by atoms with E-state index in [1.165, 1.54) is 6.20 Å². The Morgan fingerprint density at radius 1 is 1.40 bits per heavy atom. The normalized spacial score (nSPS) is 12.0. The van der Waals surface area contributed by atoms with Gasteiger partial charge < -0.3 is 10.1 Å². The standard InChI is InChI=1S/C12H9BrF2N2O2S/c1-6(13)11(18)17-12-16-5-10(20-12)19-9-3-7(14)2-8(15)4-9/h2-6H,1H3,(H,16,17,18). The Morgan fingerprint density at radius 2 is 2.05 bits per heavy atom. The fourth-order valence-electron chi connectivity index (χ4n) is 1.27. The van der Waals surface area contributed by atoms with Crippen LogP contribution in [0.25, 0.3) is 0 Å². The zero-order valence-electron chi connectivity index (χ0n) is 10.2. The van der Waals surface area contributed by atoms with Gasteiger partial charge in [-0.15, -0.1) is 0 Å². The molecule has 106 valence electrons. The van der Waals surface area contributed by atoms with Gasteiger partial charge in [0.15, 0.2) is 5.13 Å². The van der Waals surface area contributed by atoms with Crippen molar-refractivity contribution in [2.24, 2.45) is 0 Å². The van der Waals surface area contributed by atoms with Crippen molar-refractivity contribution in [3.8, 4) is 10.8 Å². The highest BCUT2D eigenvalue weighted by Crippen LogP contribution is 2.31. The van der Waals surface area contributed by atoms with Gasteiger partial charge in [0, 0.05) is 18.2 Å². The molecular formula is C12H9BrF2N2O2S.